The van der Waals surface area contributed by atoms with Gasteiger partial charge in [-0.3, -0.25) is 9.89 Å². The summed E-state index contributed by atoms with van der Waals surface area (Å²) in [6, 6.07) is 6.77. The number of hydrogen-bond acceptors (Lipinski definition) is 5. The average Bonchev–Trinajstić information content (AvgIpc) is 3.11. The van der Waals surface area contributed by atoms with E-state index in [2.05, 4.69) is 35.4 Å². The molecule has 0 radical (unpaired) electrons. The Morgan fingerprint density at radius 1 is 1.25 bits per heavy atom. The molecular weight excluding hydrogens is 375 g/mol. The predicted molar refractivity (Wildman–Crippen MR) is 115 cm³/mol. The Morgan fingerprint density at radius 2 is 1.96 bits per heavy atom. The molecule has 152 valence electrons. The van der Waals surface area contributed by atoms with E-state index in [1.165, 1.54) is 12.1 Å². The summed E-state index contributed by atoms with van der Waals surface area (Å²) in [5.74, 6) is 0.701. The fraction of sp³-hybridized carbons (Fsp3) is 0.500. The largest absolute Gasteiger partial charge is 0.369 e. The van der Waals surface area contributed by atoms with Gasteiger partial charge in [-0.1, -0.05) is 0 Å². The van der Waals surface area contributed by atoms with Crippen molar-refractivity contribution in [1.82, 2.24) is 20.1 Å². The van der Waals surface area contributed by atoms with Crippen LogP contribution in [0.4, 0.5) is 10.1 Å². The maximum absolute atomic E-state index is 13.1. The molecule has 8 heteroatoms. The molecule has 1 fully saturated rings. The Hall–Kier alpha value is -2.19. The molecule has 1 aromatic heterocycles. The van der Waals surface area contributed by atoms with Crippen molar-refractivity contribution in [2.75, 3.05) is 58.3 Å². The zero-order valence-corrected chi connectivity index (χ0v) is 17.7. The molecule has 1 aliphatic heterocycles. The zero-order valence-electron chi connectivity index (χ0n) is 16.9. The van der Waals surface area contributed by atoms with Gasteiger partial charge in [0.2, 0.25) is 0 Å². The van der Waals surface area contributed by atoms with Gasteiger partial charge in [0.25, 0.3) is 0 Å². The second-order valence-electron chi connectivity index (χ2n) is 6.99. The van der Waals surface area contributed by atoms with Gasteiger partial charge in [0, 0.05) is 64.4 Å². The van der Waals surface area contributed by atoms with E-state index >= 15 is 0 Å². The Labute approximate surface area is 170 Å². The number of piperazine rings is 1. The van der Waals surface area contributed by atoms with Crippen LogP contribution >= 0.6 is 11.3 Å². The molecule has 0 bridgehead atoms. The first-order valence-electron chi connectivity index (χ1n) is 9.61. The number of anilines is 1. The second-order valence-corrected chi connectivity index (χ2v) is 8.06. The summed E-state index contributed by atoms with van der Waals surface area (Å²) in [5, 5.41) is 6.63. The standard InChI is InChI=1S/C20H29FN6S/c1-16-24-18(15-28-16)14-25(3)20(22-2)23-8-9-26-10-12-27(13-11-26)19-6-4-17(21)5-7-19/h4-7,15H,8-14H2,1-3H3,(H,22,23). The summed E-state index contributed by atoms with van der Waals surface area (Å²) in [6.07, 6.45) is 0. The normalized spacial score (nSPS) is 15.7. The smallest absolute Gasteiger partial charge is 0.193 e. The van der Waals surface area contributed by atoms with Crippen LogP contribution in [0.3, 0.4) is 0 Å². The zero-order chi connectivity index (χ0) is 19.9. The highest BCUT2D eigenvalue weighted by atomic mass is 32.1. The van der Waals surface area contributed by atoms with E-state index in [0.29, 0.717) is 0 Å². The monoisotopic (exact) mass is 404 g/mol. The summed E-state index contributed by atoms with van der Waals surface area (Å²) in [6.45, 7) is 8.53. The number of aromatic nitrogens is 1. The number of hydrogen-bond donors (Lipinski definition) is 1. The van der Waals surface area contributed by atoms with Crippen molar-refractivity contribution in [3.05, 3.63) is 46.2 Å². The van der Waals surface area contributed by atoms with Crippen LogP contribution in [-0.4, -0.2) is 74.1 Å². The minimum absolute atomic E-state index is 0.184. The number of guanidine groups is 1. The van der Waals surface area contributed by atoms with Gasteiger partial charge in [0.05, 0.1) is 17.2 Å². The molecular formula is C20H29FN6S. The number of nitrogens with zero attached hydrogens (tertiary/aromatic N) is 5. The summed E-state index contributed by atoms with van der Waals surface area (Å²) in [7, 11) is 3.85. The lowest BCUT2D eigenvalue weighted by Gasteiger charge is -2.36. The van der Waals surface area contributed by atoms with Gasteiger partial charge in [-0.2, -0.15) is 0 Å². The molecule has 1 aliphatic rings. The third-order valence-corrected chi connectivity index (χ3v) is 5.74. The number of aryl methyl sites for hydroxylation is 1. The fourth-order valence-electron chi connectivity index (χ4n) is 3.39. The van der Waals surface area contributed by atoms with Crippen LogP contribution in [0.25, 0.3) is 0 Å². The quantitative estimate of drug-likeness (QED) is 0.592. The van der Waals surface area contributed by atoms with Gasteiger partial charge in [-0.15, -0.1) is 11.3 Å². The van der Waals surface area contributed by atoms with E-state index in [1.54, 1.807) is 11.3 Å². The first-order valence-corrected chi connectivity index (χ1v) is 10.5. The maximum Gasteiger partial charge on any atom is 0.193 e. The van der Waals surface area contributed by atoms with Gasteiger partial charge in [0.15, 0.2) is 5.96 Å². The van der Waals surface area contributed by atoms with Crippen LogP contribution < -0.4 is 10.2 Å². The third kappa shape index (κ3) is 5.65. The molecule has 0 spiro atoms. The number of aliphatic imine (C=N–C) groups is 1. The van der Waals surface area contributed by atoms with E-state index < -0.39 is 0 Å². The predicted octanol–water partition coefficient (Wildman–Crippen LogP) is 2.42. The van der Waals surface area contributed by atoms with E-state index in [-0.39, 0.29) is 5.82 Å². The lowest BCUT2D eigenvalue weighted by atomic mass is 10.2. The van der Waals surface area contributed by atoms with Crippen LogP contribution in [0.1, 0.15) is 10.7 Å². The van der Waals surface area contributed by atoms with E-state index in [9.17, 15) is 4.39 Å². The van der Waals surface area contributed by atoms with Crippen molar-refractivity contribution >= 4 is 23.0 Å². The number of nitrogens with one attached hydrogen (secondary N) is 1. The van der Waals surface area contributed by atoms with Crippen molar-refractivity contribution in [2.24, 2.45) is 4.99 Å². The van der Waals surface area contributed by atoms with Gasteiger partial charge in [-0.05, 0) is 31.2 Å². The topological polar surface area (TPSA) is 47.0 Å². The Kier molecular flexibility index (Phi) is 7.22. The van der Waals surface area contributed by atoms with Crippen LogP contribution in [-0.2, 0) is 6.54 Å². The average molecular weight is 405 g/mol. The summed E-state index contributed by atoms with van der Waals surface area (Å²) >= 11 is 1.67. The van der Waals surface area contributed by atoms with Crippen LogP contribution in [0.15, 0.2) is 34.6 Å². The molecule has 1 aromatic carbocycles. The molecule has 6 nitrogen and oxygen atoms in total. The van der Waals surface area contributed by atoms with Crippen molar-refractivity contribution in [2.45, 2.75) is 13.5 Å². The second kappa shape index (κ2) is 9.84. The highest BCUT2D eigenvalue weighted by Gasteiger charge is 2.17. The van der Waals surface area contributed by atoms with Gasteiger partial charge < -0.3 is 15.1 Å². The highest BCUT2D eigenvalue weighted by Crippen LogP contribution is 2.16. The number of halogens is 1. The molecule has 2 heterocycles. The molecule has 28 heavy (non-hydrogen) atoms. The van der Waals surface area contributed by atoms with Crippen LogP contribution in [0.2, 0.25) is 0 Å². The molecule has 0 amide bonds. The maximum atomic E-state index is 13.1. The van der Waals surface area contributed by atoms with Crippen LogP contribution in [0, 0.1) is 12.7 Å². The molecule has 3 rings (SSSR count). The van der Waals surface area contributed by atoms with Crippen molar-refractivity contribution in [3.8, 4) is 0 Å². The summed E-state index contributed by atoms with van der Waals surface area (Å²) in [5.41, 5.74) is 2.17. The lowest BCUT2D eigenvalue weighted by Crippen LogP contribution is -2.49. The Bertz CT molecular complexity index is 767. The van der Waals surface area contributed by atoms with Crippen molar-refractivity contribution in [3.63, 3.8) is 0 Å². The molecule has 0 saturated carbocycles. The summed E-state index contributed by atoms with van der Waals surface area (Å²) in [4.78, 5) is 15.8. The van der Waals surface area contributed by atoms with Gasteiger partial charge in [0.1, 0.15) is 5.82 Å². The first-order chi connectivity index (χ1) is 13.5. The number of benzene rings is 1. The minimum Gasteiger partial charge on any atom is -0.369 e. The van der Waals surface area contributed by atoms with E-state index in [0.717, 1.165) is 68.2 Å². The third-order valence-electron chi connectivity index (χ3n) is 4.91. The molecule has 0 unspecified atom stereocenters. The fourth-order valence-corrected chi connectivity index (χ4v) is 3.99. The minimum atomic E-state index is -0.184. The Morgan fingerprint density at radius 3 is 2.57 bits per heavy atom. The van der Waals surface area contributed by atoms with Crippen molar-refractivity contribution in [1.29, 1.82) is 0 Å². The first kappa shape index (κ1) is 20.5. The Balaban J connectivity index is 1.39. The van der Waals surface area contributed by atoms with Crippen LogP contribution in [0.5, 0.6) is 0 Å². The summed E-state index contributed by atoms with van der Waals surface area (Å²) < 4.78 is 13.1. The highest BCUT2D eigenvalue weighted by molar-refractivity contribution is 7.09. The molecule has 1 saturated heterocycles. The SMILES string of the molecule is CN=C(NCCN1CCN(c2ccc(F)cc2)CC1)N(C)Cc1csc(C)n1. The van der Waals surface area contributed by atoms with E-state index in [4.69, 9.17) is 0 Å². The molecule has 0 atom stereocenters. The van der Waals surface area contributed by atoms with E-state index in [1.807, 2.05) is 33.2 Å². The number of thiazole rings is 1. The lowest BCUT2D eigenvalue weighted by molar-refractivity contribution is 0.260. The number of rotatable bonds is 6. The van der Waals surface area contributed by atoms with Gasteiger partial charge in [-0.25, -0.2) is 9.37 Å². The molecule has 2 aromatic rings. The molecule has 0 aliphatic carbocycles. The van der Waals surface area contributed by atoms with Crippen molar-refractivity contribution < 1.29 is 4.39 Å². The van der Waals surface area contributed by atoms with Gasteiger partial charge >= 0.3 is 0 Å². The molecule has 1 N–H and O–H groups in total.